The molecule has 1 aliphatic carbocycles. The molecule has 0 aliphatic heterocycles. The van der Waals surface area contributed by atoms with Gasteiger partial charge in [0.15, 0.2) is 5.78 Å². The van der Waals surface area contributed by atoms with E-state index in [1.807, 2.05) is 0 Å². The smallest absolute Gasteiger partial charge is 0.167 e. The third kappa shape index (κ3) is 2.36. The molecule has 4 heteroatoms. The molecular formula is C12H10BrClO2. The third-order valence-corrected chi connectivity index (χ3v) is 3.74. The van der Waals surface area contributed by atoms with E-state index in [4.69, 9.17) is 11.6 Å². The first kappa shape index (κ1) is 11.8. The van der Waals surface area contributed by atoms with Crippen molar-refractivity contribution in [1.29, 1.82) is 0 Å². The van der Waals surface area contributed by atoms with Crippen molar-refractivity contribution in [1.82, 2.24) is 0 Å². The number of rotatable bonds is 2. The first-order valence-electron chi connectivity index (χ1n) is 5.09. The van der Waals surface area contributed by atoms with Gasteiger partial charge in [0.1, 0.15) is 5.78 Å². The van der Waals surface area contributed by atoms with Crippen LogP contribution in [0.5, 0.6) is 0 Å². The Bertz CT molecular complexity index is 456. The molecule has 0 spiro atoms. The predicted molar refractivity (Wildman–Crippen MR) is 65.8 cm³/mol. The minimum atomic E-state index is -0.165. The van der Waals surface area contributed by atoms with Crippen LogP contribution in [0, 0.1) is 5.92 Å². The standard InChI is InChI=1S/C12H10BrClO2/c13-11-4-2-8(14)6-10(11)12(16)7-1-3-9(15)5-7/h2,4,6-7H,1,3,5H2. The number of hydrogen-bond donors (Lipinski definition) is 0. The monoisotopic (exact) mass is 300 g/mol. The third-order valence-electron chi connectivity index (χ3n) is 2.81. The van der Waals surface area contributed by atoms with Gasteiger partial charge < -0.3 is 0 Å². The lowest BCUT2D eigenvalue weighted by atomic mass is 9.96. The summed E-state index contributed by atoms with van der Waals surface area (Å²) in [6.07, 6.45) is 1.56. The predicted octanol–water partition coefficient (Wildman–Crippen LogP) is 3.65. The van der Waals surface area contributed by atoms with Crippen molar-refractivity contribution in [2.24, 2.45) is 5.92 Å². The van der Waals surface area contributed by atoms with Crippen LogP contribution in [0.4, 0.5) is 0 Å². The Morgan fingerprint density at radius 2 is 2.19 bits per heavy atom. The van der Waals surface area contributed by atoms with Crippen LogP contribution < -0.4 is 0 Å². The van der Waals surface area contributed by atoms with E-state index in [-0.39, 0.29) is 17.5 Å². The highest BCUT2D eigenvalue weighted by molar-refractivity contribution is 9.10. The van der Waals surface area contributed by atoms with Gasteiger partial charge in [0.25, 0.3) is 0 Å². The van der Waals surface area contributed by atoms with Crippen LogP contribution in [-0.4, -0.2) is 11.6 Å². The fraction of sp³-hybridized carbons (Fsp3) is 0.333. The van der Waals surface area contributed by atoms with Gasteiger partial charge in [-0.25, -0.2) is 0 Å². The molecule has 0 bridgehead atoms. The van der Waals surface area contributed by atoms with Gasteiger partial charge in [0.2, 0.25) is 0 Å². The zero-order valence-electron chi connectivity index (χ0n) is 8.50. The summed E-state index contributed by atoms with van der Waals surface area (Å²) in [4.78, 5) is 23.3. The summed E-state index contributed by atoms with van der Waals surface area (Å²) in [5, 5.41) is 0.538. The number of benzene rings is 1. The Morgan fingerprint density at radius 1 is 1.44 bits per heavy atom. The van der Waals surface area contributed by atoms with Crippen LogP contribution in [0.15, 0.2) is 22.7 Å². The Labute approximate surface area is 107 Å². The molecule has 1 unspecified atom stereocenters. The van der Waals surface area contributed by atoms with Crippen molar-refractivity contribution in [2.45, 2.75) is 19.3 Å². The maximum atomic E-state index is 12.1. The van der Waals surface area contributed by atoms with Crippen molar-refractivity contribution in [3.8, 4) is 0 Å². The molecule has 1 aromatic rings. The SMILES string of the molecule is O=C1CCC(C(=O)c2cc(Cl)ccc2Br)C1. The van der Waals surface area contributed by atoms with E-state index in [0.717, 1.165) is 4.47 Å². The second-order valence-electron chi connectivity index (χ2n) is 3.97. The summed E-state index contributed by atoms with van der Waals surface area (Å²) in [7, 11) is 0. The van der Waals surface area contributed by atoms with Gasteiger partial charge in [-0.2, -0.15) is 0 Å². The van der Waals surface area contributed by atoms with Crippen LogP contribution in [0.2, 0.25) is 5.02 Å². The van der Waals surface area contributed by atoms with E-state index < -0.39 is 0 Å². The molecule has 84 valence electrons. The van der Waals surface area contributed by atoms with Gasteiger partial charge in [-0.3, -0.25) is 9.59 Å². The largest absolute Gasteiger partial charge is 0.300 e. The van der Waals surface area contributed by atoms with Gasteiger partial charge in [0, 0.05) is 33.8 Å². The number of carbonyl (C=O) groups excluding carboxylic acids is 2. The van der Waals surface area contributed by atoms with Gasteiger partial charge in [-0.15, -0.1) is 0 Å². The van der Waals surface area contributed by atoms with Crippen molar-refractivity contribution >= 4 is 39.1 Å². The highest BCUT2D eigenvalue weighted by Crippen LogP contribution is 2.30. The zero-order valence-corrected chi connectivity index (χ0v) is 10.8. The van der Waals surface area contributed by atoms with Crippen LogP contribution in [-0.2, 0) is 4.79 Å². The zero-order chi connectivity index (χ0) is 11.7. The summed E-state index contributed by atoms with van der Waals surface area (Å²) in [5.74, 6) is 0.0268. The molecule has 1 fully saturated rings. The number of halogens is 2. The summed E-state index contributed by atoms with van der Waals surface area (Å²) in [6, 6.07) is 5.13. The lowest BCUT2D eigenvalue weighted by Crippen LogP contribution is -2.12. The Balaban J connectivity index is 2.27. The molecule has 1 atom stereocenters. The molecule has 1 saturated carbocycles. The van der Waals surface area contributed by atoms with Gasteiger partial charge in [-0.1, -0.05) is 27.5 Å². The molecule has 1 aromatic carbocycles. The van der Waals surface area contributed by atoms with Crippen LogP contribution in [0.1, 0.15) is 29.6 Å². The van der Waals surface area contributed by atoms with E-state index in [9.17, 15) is 9.59 Å². The molecule has 2 rings (SSSR count). The highest BCUT2D eigenvalue weighted by atomic mass is 79.9. The van der Waals surface area contributed by atoms with Crippen molar-refractivity contribution < 1.29 is 9.59 Å². The van der Waals surface area contributed by atoms with E-state index in [0.29, 0.717) is 29.8 Å². The van der Waals surface area contributed by atoms with E-state index in [1.165, 1.54) is 0 Å². The lowest BCUT2D eigenvalue weighted by Gasteiger charge is -2.09. The molecule has 0 amide bonds. The molecule has 0 saturated heterocycles. The fourth-order valence-electron chi connectivity index (χ4n) is 1.94. The van der Waals surface area contributed by atoms with Crippen LogP contribution in [0.3, 0.4) is 0 Å². The maximum absolute atomic E-state index is 12.1. The first-order chi connectivity index (χ1) is 7.58. The Hall–Kier alpha value is -0.670. The fourth-order valence-corrected chi connectivity index (χ4v) is 2.56. The molecule has 2 nitrogen and oxygen atoms in total. The van der Waals surface area contributed by atoms with Gasteiger partial charge >= 0.3 is 0 Å². The van der Waals surface area contributed by atoms with Crippen molar-refractivity contribution in [3.63, 3.8) is 0 Å². The average Bonchev–Trinajstić information content (AvgIpc) is 2.67. The van der Waals surface area contributed by atoms with Crippen LogP contribution in [0.25, 0.3) is 0 Å². The molecular weight excluding hydrogens is 291 g/mol. The minimum absolute atomic E-state index is 0.0141. The van der Waals surface area contributed by atoms with Gasteiger partial charge in [0.05, 0.1) is 0 Å². The molecule has 1 aliphatic rings. The highest BCUT2D eigenvalue weighted by Gasteiger charge is 2.29. The first-order valence-corrected chi connectivity index (χ1v) is 6.26. The summed E-state index contributed by atoms with van der Waals surface area (Å²) in [5.41, 5.74) is 0.576. The van der Waals surface area contributed by atoms with Crippen LogP contribution >= 0.6 is 27.5 Å². The number of hydrogen-bond acceptors (Lipinski definition) is 2. The second-order valence-corrected chi connectivity index (χ2v) is 5.26. The quantitative estimate of drug-likeness (QED) is 0.781. The summed E-state index contributed by atoms with van der Waals surface area (Å²) < 4.78 is 0.737. The molecule has 16 heavy (non-hydrogen) atoms. The molecule has 0 heterocycles. The summed E-state index contributed by atoms with van der Waals surface area (Å²) >= 11 is 9.19. The minimum Gasteiger partial charge on any atom is -0.300 e. The van der Waals surface area contributed by atoms with Gasteiger partial charge in [-0.05, 0) is 24.6 Å². The molecule has 0 radical (unpaired) electrons. The molecule has 0 aromatic heterocycles. The molecule has 0 N–H and O–H groups in total. The normalized spacial score (nSPS) is 20.1. The lowest BCUT2D eigenvalue weighted by molar-refractivity contribution is -0.117. The number of carbonyl (C=O) groups is 2. The number of ketones is 2. The second kappa shape index (κ2) is 4.68. The Morgan fingerprint density at radius 3 is 2.81 bits per heavy atom. The maximum Gasteiger partial charge on any atom is 0.167 e. The van der Waals surface area contributed by atoms with E-state index in [1.54, 1.807) is 18.2 Å². The summed E-state index contributed by atoms with van der Waals surface area (Å²) in [6.45, 7) is 0. The van der Waals surface area contributed by atoms with E-state index >= 15 is 0 Å². The van der Waals surface area contributed by atoms with Crippen molar-refractivity contribution in [2.75, 3.05) is 0 Å². The average molecular weight is 302 g/mol. The van der Waals surface area contributed by atoms with Crippen molar-refractivity contribution in [3.05, 3.63) is 33.3 Å². The Kier molecular flexibility index (Phi) is 3.45. The topological polar surface area (TPSA) is 34.1 Å². The number of Topliss-reactive ketones (excluding diaryl/α,β-unsaturated/α-hetero) is 2. The van der Waals surface area contributed by atoms with E-state index in [2.05, 4.69) is 15.9 Å².